The van der Waals surface area contributed by atoms with E-state index in [0.717, 1.165) is 0 Å². The fraction of sp³-hybridized carbons (Fsp3) is 0.500. The van der Waals surface area contributed by atoms with Gasteiger partial charge in [-0.05, 0) is 13.8 Å². The van der Waals surface area contributed by atoms with Gasteiger partial charge < -0.3 is 20.1 Å². The molecule has 1 saturated heterocycles. The Hall–Kier alpha value is -1.82. The fourth-order valence-corrected chi connectivity index (χ4v) is 1.50. The first kappa shape index (κ1) is 13.2. The summed E-state index contributed by atoms with van der Waals surface area (Å²) in [5.41, 5.74) is 7.48. The van der Waals surface area contributed by atoms with Crippen molar-refractivity contribution in [2.75, 3.05) is 0 Å². The molecule has 92 valence electrons. The molecule has 1 heterocycles. The standard InChI is InChI=1S/C10H12N2O5/c1-4-5-8(17-10(2,3)16-5)7(13)6(12-11)9(14)15/h4-5,8H,1H2,2-3H3,(H,14,15). The van der Waals surface area contributed by atoms with Crippen LogP contribution in [-0.4, -0.2) is 45.4 Å². The second-order valence-electron chi connectivity index (χ2n) is 3.87. The minimum atomic E-state index is -1.63. The number of hydrogen-bond acceptors (Lipinski definition) is 4. The number of carboxylic acids is 1. The number of hydrogen-bond donors (Lipinski definition) is 1. The number of carbonyl (C=O) groups excluding carboxylic acids is 1. The highest BCUT2D eigenvalue weighted by Crippen LogP contribution is 2.29. The van der Waals surface area contributed by atoms with Gasteiger partial charge in [0.2, 0.25) is 0 Å². The molecule has 1 fully saturated rings. The van der Waals surface area contributed by atoms with Crippen molar-refractivity contribution in [2.24, 2.45) is 0 Å². The summed E-state index contributed by atoms with van der Waals surface area (Å²) in [5, 5.41) is 8.66. The average Bonchev–Trinajstić information content (AvgIpc) is 2.54. The van der Waals surface area contributed by atoms with Crippen LogP contribution in [0.3, 0.4) is 0 Å². The predicted octanol–water partition coefficient (Wildman–Crippen LogP) is 0.0170. The first-order valence-corrected chi connectivity index (χ1v) is 4.80. The highest BCUT2D eigenvalue weighted by molar-refractivity contribution is 6.62. The molecular weight excluding hydrogens is 228 g/mol. The molecule has 1 rings (SSSR count). The molecule has 2 unspecified atom stereocenters. The van der Waals surface area contributed by atoms with Crippen molar-refractivity contribution in [2.45, 2.75) is 31.8 Å². The van der Waals surface area contributed by atoms with Gasteiger partial charge in [0.05, 0.1) is 0 Å². The molecule has 17 heavy (non-hydrogen) atoms. The quantitative estimate of drug-likeness (QED) is 0.245. The molecule has 0 amide bonds. The molecule has 0 radical (unpaired) electrons. The third-order valence-electron chi connectivity index (χ3n) is 2.16. The molecule has 0 bridgehead atoms. The molecule has 0 aromatic carbocycles. The second kappa shape index (κ2) is 4.58. The summed E-state index contributed by atoms with van der Waals surface area (Å²) in [6.07, 6.45) is -0.633. The lowest BCUT2D eigenvalue weighted by Gasteiger charge is -2.15. The zero-order valence-electron chi connectivity index (χ0n) is 9.41. The SMILES string of the molecule is C=CC1OC(C)(C)OC1C(=O)C(=[N+]=[N-])C(=O)O. The maximum absolute atomic E-state index is 11.8. The van der Waals surface area contributed by atoms with E-state index >= 15 is 0 Å². The number of carboxylic acid groups (broad SMARTS) is 1. The van der Waals surface area contributed by atoms with Gasteiger partial charge in [0.1, 0.15) is 6.10 Å². The smallest absolute Gasteiger partial charge is 0.444 e. The van der Waals surface area contributed by atoms with E-state index in [1.165, 1.54) is 6.08 Å². The lowest BCUT2D eigenvalue weighted by atomic mass is 10.1. The van der Waals surface area contributed by atoms with Gasteiger partial charge in [-0.15, -0.1) is 6.58 Å². The molecule has 1 N–H and O–H groups in total. The van der Waals surface area contributed by atoms with E-state index in [2.05, 4.69) is 11.4 Å². The van der Waals surface area contributed by atoms with Crippen LogP contribution >= 0.6 is 0 Å². The summed E-state index contributed by atoms with van der Waals surface area (Å²) >= 11 is 0. The molecule has 0 saturated carbocycles. The van der Waals surface area contributed by atoms with Crippen LogP contribution in [0, 0.1) is 0 Å². The van der Waals surface area contributed by atoms with Crippen LogP contribution in [-0.2, 0) is 19.1 Å². The van der Waals surface area contributed by atoms with E-state index in [0.29, 0.717) is 0 Å². The van der Waals surface area contributed by atoms with Crippen molar-refractivity contribution in [1.82, 2.24) is 0 Å². The molecular formula is C10H12N2O5. The van der Waals surface area contributed by atoms with Gasteiger partial charge in [-0.2, -0.15) is 4.79 Å². The molecule has 7 heteroatoms. The number of aliphatic carboxylic acids is 1. The van der Waals surface area contributed by atoms with Crippen LogP contribution in [0.5, 0.6) is 0 Å². The zero-order chi connectivity index (χ0) is 13.2. The summed E-state index contributed by atoms with van der Waals surface area (Å²) in [4.78, 5) is 24.8. The van der Waals surface area contributed by atoms with E-state index in [1.807, 2.05) is 0 Å². The second-order valence-corrected chi connectivity index (χ2v) is 3.87. The molecule has 1 aliphatic rings. The van der Waals surface area contributed by atoms with Gasteiger partial charge in [-0.1, -0.05) is 6.08 Å². The summed E-state index contributed by atoms with van der Waals surface area (Å²) in [6, 6.07) is 0. The Balaban J connectivity index is 3.00. The third kappa shape index (κ3) is 2.65. The van der Waals surface area contributed by atoms with E-state index in [-0.39, 0.29) is 0 Å². The molecule has 0 aromatic rings. The molecule has 1 aliphatic heterocycles. The van der Waals surface area contributed by atoms with E-state index in [4.69, 9.17) is 20.1 Å². The van der Waals surface area contributed by atoms with Crippen LogP contribution in [0.25, 0.3) is 5.53 Å². The topological polar surface area (TPSA) is 109 Å². The van der Waals surface area contributed by atoms with E-state index in [1.54, 1.807) is 13.8 Å². The number of carbonyl (C=O) groups is 2. The third-order valence-corrected chi connectivity index (χ3v) is 2.16. The Kier molecular flexibility index (Phi) is 3.57. The number of nitrogens with zero attached hydrogens (tertiary/aromatic N) is 2. The van der Waals surface area contributed by atoms with Gasteiger partial charge in [0.15, 0.2) is 11.9 Å². The van der Waals surface area contributed by atoms with Crippen LogP contribution in [0.4, 0.5) is 0 Å². The van der Waals surface area contributed by atoms with Crippen molar-refractivity contribution in [3.05, 3.63) is 18.2 Å². The minimum Gasteiger partial charge on any atom is -0.472 e. The van der Waals surface area contributed by atoms with Gasteiger partial charge in [0, 0.05) is 0 Å². The average molecular weight is 240 g/mol. The minimum absolute atomic E-state index is 0.784. The monoisotopic (exact) mass is 240 g/mol. The van der Waals surface area contributed by atoms with Crippen molar-refractivity contribution >= 4 is 17.5 Å². The zero-order valence-corrected chi connectivity index (χ0v) is 9.41. The van der Waals surface area contributed by atoms with Crippen LogP contribution in [0.15, 0.2) is 12.7 Å². The summed E-state index contributed by atoms with van der Waals surface area (Å²) in [5.74, 6) is -3.62. The Morgan fingerprint density at radius 1 is 1.47 bits per heavy atom. The maximum Gasteiger partial charge on any atom is 0.444 e. The molecule has 0 spiro atoms. The Morgan fingerprint density at radius 3 is 2.47 bits per heavy atom. The van der Waals surface area contributed by atoms with Crippen molar-refractivity contribution in [3.63, 3.8) is 0 Å². The number of ether oxygens (including phenoxy) is 2. The maximum atomic E-state index is 11.8. The summed E-state index contributed by atoms with van der Waals surface area (Å²) < 4.78 is 10.6. The summed E-state index contributed by atoms with van der Waals surface area (Å²) in [6.45, 7) is 6.62. The highest BCUT2D eigenvalue weighted by Gasteiger charge is 2.49. The number of rotatable bonds is 4. The number of Topliss-reactive ketones (excluding diaryl/α,β-unsaturated/α-hetero) is 1. The van der Waals surface area contributed by atoms with Crippen LogP contribution in [0.1, 0.15) is 13.8 Å². The van der Waals surface area contributed by atoms with Gasteiger partial charge in [-0.3, -0.25) is 4.79 Å². The first-order chi connectivity index (χ1) is 7.82. The van der Waals surface area contributed by atoms with Crippen molar-refractivity contribution in [3.8, 4) is 0 Å². The largest absolute Gasteiger partial charge is 0.472 e. The van der Waals surface area contributed by atoms with Gasteiger partial charge in [-0.25, -0.2) is 4.79 Å². The van der Waals surface area contributed by atoms with Crippen LogP contribution in [0.2, 0.25) is 0 Å². The lowest BCUT2D eigenvalue weighted by Crippen LogP contribution is -2.39. The molecule has 7 nitrogen and oxygen atoms in total. The first-order valence-electron chi connectivity index (χ1n) is 4.80. The van der Waals surface area contributed by atoms with Gasteiger partial charge in [0.25, 0.3) is 5.78 Å². The fourth-order valence-electron chi connectivity index (χ4n) is 1.50. The molecule has 0 aliphatic carbocycles. The van der Waals surface area contributed by atoms with Crippen LogP contribution < -0.4 is 0 Å². The van der Waals surface area contributed by atoms with E-state index in [9.17, 15) is 9.59 Å². The highest BCUT2D eigenvalue weighted by atomic mass is 16.8. The Labute approximate surface area is 97.3 Å². The lowest BCUT2D eigenvalue weighted by molar-refractivity contribution is -0.153. The molecule has 2 atom stereocenters. The van der Waals surface area contributed by atoms with Gasteiger partial charge >= 0.3 is 11.7 Å². The number of ketones is 1. The molecule has 0 aromatic heterocycles. The Morgan fingerprint density at radius 2 is 2.06 bits per heavy atom. The normalized spacial score (nSPS) is 26.0. The van der Waals surface area contributed by atoms with Crippen molar-refractivity contribution < 1.29 is 29.0 Å². The predicted molar refractivity (Wildman–Crippen MR) is 55.3 cm³/mol. The van der Waals surface area contributed by atoms with Crippen molar-refractivity contribution in [1.29, 1.82) is 0 Å². The summed E-state index contributed by atoms with van der Waals surface area (Å²) in [7, 11) is 0. The van der Waals surface area contributed by atoms with E-state index < -0.39 is 35.5 Å². The Bertz CT molecular complexity index is 422.